The first-order valence-electron chi connectivity index (χ1n) is 2.47. The van der Waals surface area contributed by atoms with Crippen molar-refractivity contribution >= 4 is 6.29 Å². The summed E-state index contributed by atoms with van der Waals surface area (Å²) in [6, 6.07) is 0. The van der Waals surface area contributed by atoms with Gasteiger partial charge in [-0.25, -0.2) is 0 Å². The van der Waals surface area contributed by atoms with Crippen LogP contribution in [0.25, 0.3) is 0 Å². The molecule has 2 nitrogen and oxygen atoms in total. The van der Waals surface area contributed by atoms with Crippen LogP contribution >= 0.6 is 0 Å². The maximum absolute atomic E-state index is 9.74. The summed E-state index contributed by atoms with van der Waals surface area (Å²) in [7, 11) is 0. The van der Waals surface area contributed by atoms with Crippen LogP contribution in [0, 0.1) is 0 Å². The molecular weight excluding hydrogens is 104 g/mol. The zero-order valence-electron chi connectivity index (χ0n) is 4.85. The molecule has 0 aromatic heterocycles. The van der Waals surface area contributed by atoms with Crippen molar-refractivity contribution in [3.8, 4) is 0 Å². The van der Waals surface area contributed by atoms with Crippen LogP contribution in [-0.4, -0.2) is 18.0 Å². The van der Waals surface area contributed by atoms with Crippen molar-refractivity contribution in [3.05, 3.63) is 11.6 Å². The fraction of sp³-hybridized carbons (Fsp3) is 0.500. The standard InChI is InChI=1S/C6H9O2/c1-6(5-8)3-2-4-7/h3,7H,2,4H2,1H3/b6-3+. The van der Waals surface area contributed by atoms with Crippen LogP contribution in [0.5, 0.6) is 0 Å². The second kappa shape index (κ2) is 4.53. The van der Waals surface area contributed by atoms with Crippen LogP contribution in [0.2, 0.25) is 0 Å². The normalized spacial score (nSPS) is 11.5. The van der Waals surface area contributed by atoms with E-state index in [2.05, 4.69) is 0 Å². The number of allylic oxidation sites excluding steroid dienone is 1. The molecule has 0 heterocycles. The van der Waals surface area contributed by atoms with Gasteiger partial charge in [-0.05, 0) is 18.9 Å². The van der Waals surface area contributed by atoms with Gasteiger partial charge in [0.05, 0.1) is 0 Å². The van der Waals surface area contributed by atoms with Crippen molar-refractivity contribution in [1.82, 2.24) is 0 Å². The Hall–Kier alpha value is -0.630. The quantitative estimate of drug-likeness (QED) is 0.539. The van der Waals surface area contributed by atoms with Crippen molar-refractivity contribution in [2.24, 2.45) is 0 Å². The van der Waals surface area contributed by atoms with E-state index in [4.69, 9.17) is 5.11 Å². The molecule has 0 bridgehead atoms. The van der Waals surface area contributed by atoms with Crippen molar-refractivity contribution < 1.29 is 9.90 Å². The van der Waals surface area contributed by atoms with Crippen LogP contribution < -0.4 is 0 Å². The molecule has 0 aliphatic heterocycles. The van der Waals surface area contributed by atoms with Gasteiger partial charge in [-0.15, -0.1) is 0 Å². The van der Waals surface area contributed by atoms with E-state index >= 15 is 0 Å². The van der Waals surface area contributed by atoms with Crippen molar-refractivity contribution in [1.29, 1.82) is 0 Å². The summed E-state index contributed by atoms with van der Waals surface area (Å²) >= 11 is 0. The second-order valence-electron chi connectivity index (χ2n) is 1.50. The molecule has 1 radical (unpaired) electrons. The third kappa shape index (κ3) is 3.56. The topological polar surface area (TPSA) is 37.3 Å². The Balaban J connectivity index is 3.40. The molecule has 0 spiro atoms. The smallest absolute Gasteiger partial charge is 0.228 e. The highest BCUT2D eigenvalue weighted by Crippen LogP contribution is 1.88. The van der Waals surface area contributed by atoms with Gasteiger partial charge in [0, 0.05) is 6.61 Å². The average Bonchev–Trinajstić information content (AvgIpc) is 1.83. The summed E-state index contributed by atoms with van der Waals surface area (Å²) in [4.78, 5) is 9.74. The fourth-order valence-corrected chi connectivity index (χ4v) is 0.323. The highest BCUT2D eigenvalue weighted by molar-refractivity contribution is 5.72. The Morgan fingerprint density at radius 3 is 2.88 bits per heavy atom. The van der Waals surface area contributed by atoms with Gasteiger partial charge >= 0.3 is 0 Å². The molecule has 0 aliphatic rings. The van der Waals surface area contributed by atoms with Crippen LogP contribution in [-0.2, 0) is 4.79 Å². The van der Waals surface area contributed by atoms with Crippen molar-refractivity contribution in [3.63, 3.8) is 0 Å². The number of carbonyl (C=O) groups excluding carboxylic acids is 1. The van der Waals surface area contributed by atoms with Crippen LogP contribution in [0.15, 0.2) is 11.6 Å². The van der Waals surface area contributed by atoms with Gasteiger partial charge in [0.25, 0.3) is 0 Å². The van der Waals surface area contributed by atoms with Gasteiger partial charge in [0.2, 0.25) is 6.29 Å². The van der Waals surface area contributed by atoms with Gasteiger partial charge < -0.3 is 5.11 Å². The summed E-state index contributed by atoms with van der Waals surface area (Å²) in [6.45, 7) is 1.75. The lowest BCUT2D eigenvalue weighted by Crippen LogP contribution is -1.80. The predicted molar refractivity (Wildman–Crippen MR) is 31.2 cm³/mol. The molecule has 0 fully saturated rings. The number of rotatable bonds is 3. The molecule has 0 atom stereocenters. The molecule has 8 heavy (non-hydrogen) atoms. The largest absolute Gasteiger partial charge is 0.396 e. The van der Waals surface area contributed by atoms with Crippen LogP contribution in [0.1, 0.15) is 13.3 Å². The highest BCUT2D eigenvalue weighted by Gasteiger charge is 1.82. The number of aliphatic hydroxyl groups is 1. The van der Waals surface area contributed by atoms with Crippen molar-refractivity contribution in [2.45, 2.75) is 13.3 Å². The minimum atomic E-state index is 0.0962. The molecule has 45 valence electrons. The molecular formula is C6H9O2. The summed E-state index contributed by atoms with van der Waals surface area (Å²) < 4.78 is 0. The van der Waals surface area contributed by atoms with Crippen LogP contribution in [0.4, 0.5) is 0 Å². The van der Waals surface area contributed by atoms with Gasteiger partial charge in [-0.3, -0.25) is 4.79 Å². The lowest BCUT2D eigenvalue weighted by molar-refractivity contribution is 0.302. The summed E-state index contributed by atoms with van der Waals surface area (Å²) in [5.41, 5.74) is 0.555. The van der Waals surface area contributed by atoms with E-state index in [0.29, 0.717) is 12.0 Å². The molecule has 0 aliphatic carbocycles. The number of aliphatic hydroxyl groups excluding tert-OH is 1. The maximum Gasteiger partial charge on any atom is 0.228 e. The van der Waals surface area contributed by atoms with Gasteiger partial charge in [0.1, 0.15) is 0 Å². The lowest BCUT2D eigenvalue weighted by Gasteiger charge is -1.83. The molecule has 0 saturated heterocycles. The summed E-state index contributed by atoms with van der Waals surface area (Å²) in [5, 5.41) is 8.24. The van der Waals surface area contributed by atoms with Gasteiger partial charge in [-0.1, -0.05) is 6.08 Å². The van der Waals surface area contributed by atoms with Crippen molar-refractivity contribution in [2.75, 3.05) is 6.61 Å². The molecule has 0 rings (SSSR count). The molecule has 0 amide bonds. The van der Waals surface area contributed by atoms with Gasteiger partial charge in [-0.2, -0.15) is 0 Å². The Labute approximate surface area is 48.8 Å². The maximum atomic E-state index is 9.74. The Bertz CT molecular complexity index is 94.7. The predicted octanol–water partition coefficient (Wildman–Crippen LogP) is 0.425. The highest BCUT2D eigenvalue weighted by atomic mass is 16.2. The molecule has 0 aromatic rings. The number of hydrogen-bond donors (Lipinski definition) is 1. The zero-order chi connectivity index (χ0) is 6.41. The van der Waals surface area contributed by atoms with E-state index in [1.54, 1.807) is 19.3 Å². The van der Waals surface area contributed by atoms with E-state index in [9.17, 15) is 4.79 Å². The monoisotopic (exact) mass is 113 g/mol. The average molecular weight is 113 g/mol. The Morgan fingerprint density at radius 2 is 2.50 bits per heavy atom. The van der Waals surface area contributed by atoms with E-state index in [1.165, 1.54) is 0 Å². The second-order valence-corrected chi connectivity index (χ2v) is 1.50. The van der Waals surface area contributed by atoms with E-state index in [0.717, 1.165) is 0 Å². The molecule has 1 N–H and O–H groups in total. The Kier molecular flexibility index (Phi) is 4.17. The first-order chi connectivity index (χ1) is 3.81. The lowest BCUT2D eigenvalue weighted by atomic mass is 10.3. The first-order valence-corrected chi connectivity index (χ1v) is 2.47. The molecule has 0 unspecified atom stereocenters. The molecule has 2 heteroatoms. The Morgan fingerprint density at radius 1 is 1.88 bits per heavy atom. The zero-order valence-corrected chi connectivity index (χ0v) is 4.85. The third-order valence-corrected chi connectivity index (χ3v) is 0.741. The van der Waals surface area contributed by atoms with Crippen LogP contribution in [0.3, 0.4) is 0 Å². The van der Waals surface area contributed by atoms with E-state index in [1.807, 2.05) is 0 Å². The SMILES string of the molecule is C/C([C]=O)=C\CCO. The minimum Gasteiger partial charge on any atom is -0.396 e. The molecule has 0 saturated carbocycles. The summed E-state index contributed by atoms with van der Waals surface area (Å²) in [6.07, 6.45) is 3.89. The first kappa shape index (κ1) is 7.37. The van der Waals surface area contributed by atoms with E-state index < -0.39 is 0 Å². The van der Waals surface area contributed by atoms with Gasteiger partial charge in [0.15, 0.2) is 0 Å². The number of hydrogen-bond acceptors (Lipinski definition) is 2. The minimum absolute atomic E-state index is 0.0962. The molecule has 0 aromatic carbocycles. The van der Waals surface area contributed by atoms with E-state index in [-0.39, 0.29) is 6.61 Å². The summed E-state index contributed by atoms with van der Waals surface area (Å²) in [5.74, 6) is 0. The third-order valence-electron chi connectivity index (χ3n) is 0.741. The fourth-order valence-electron chi connectivity index (χ4n) is 0.323.